The van der Waals surface area contributed by atoms with Crippen LogP contribution < -0.4 is 9.80 Å². The van der Waals surface area contributed by atoms with Crippen molar-refractivity contribution in [3.63, 3.8) is 0 Å². The molecular weight excluding hydrogens is 929 g/mol. The molecule has 356 valence electrons. The minimum Gasteiger partial charge on any atom is -0.456 e. The number of rotatable bonds is 8. The van der Waals surface area contributed by atoms with Crippen LogP contribution in [0, 0.1) is 0 Å². The molecule has 0 aliphatic carbocycles. The van der Waals surface area contributed by atoms with Gasteiger partial charge in [-0.1, -0.05) is 109 Å². The fourth-order valence-electron chi connectivity index (χ4n) is 12.0. The average molecular weight is 973 g/mol. The summed E-state index contributed by atoms with van der Waals surface area (Å²) in [5, 5.41) is 11.3. The van der Waals surface area contributed by atoms with E-state index < -0.39 is 0 Å². The lowest BCUT2D eigenvalue weighted by atomic mass is 10.0. The number of furan rings is 2. The van der Waals surface area contributed by atoms with E-state index in [4.69, 9.17) is 8.83 Å². The summed E-state index contributed by atoms with van der Waals surface area (Å²) in [5.41, 5.74) is 16.6. The summed E-state index contributed by atoms with van der Waals surface area (Å²) in [6.45, 7) is 0. The molecule has 4 aromatic heterocycles. The number of hydrogen-bond donors (Lipinski definition) is 0. The molecule has 0 radical (unpaired) electrons. The highest BCUT2D eigenvalue weighted by atomic mass is 16.3. The van der Waals surface area contributed by atoms with Gasteiger partial charge in [-0.3, -0.25) is 0 Å². The highest BCUT2D eigenvalue weighted by Crippen LogP contribution is 2.45. The zero-order chi connectivity index (χ0) is 49.8. The molecule has 6 heteroatoms. The number of para-hydroxylation sites is 6. The summed E-state index contributed by atoms with van der Waals surface area (Å²) in [4.78, 5) is 4.65. The Kier molecular flexibility index (Phi) is 9.23. The predicted molar refractivity (Wildman–Crippen MR) is 317 cm³/mol. The molecule has 6 nitrogen and oxygen atoms in total. The van der Waals surface area contributed by atoms with Crippen LogP contribution in [0.5, 0.6) is 0 Å². The Morgan fingerprint density at radius 3 is 1.00 bits per heavy atom. The van der Waals surface area contributed by atoms with Gasteiger partial charge in [0.2, 0.25) is 0 Å². The van der Waals surface area contributed by atoms with E-state index >= 15 is 0 Å². The summed E-state index contributed by atoms with van der Waals surface area (Å²) in [6.07, 6.45) is 0. The van der Waals surface area contributed by atoms with Gasteiger partial charge in [0, 0.05) is 101 Å². The summed E-state index contributed by atoms with van der Waals surface area (Å²) in [6, 6.07) is 95.5. The van der Waals surface area contributed by atoms with E-state index in [0.29, 0.717) is 0 Å². The lowest BCUT2D eigenvalue weighted by molar-refractivity contribution is 0.668. The van der Waals surface area contributed by atoms with Crippen LogP contribution in [0.4, 0.5) is 34.1 Å². The molecule has 0 atom stereocenters. The summed E-state index contributed by atoms with van der Waals surface area (Å²) >= 11 is 0. The van der Waals surface area contributed by atoms with Crippen molar-refractivity contribution in [2.45, 2.75) is 0 Å². The molecule has 0 aliphatic heterocycles. The second-order valence-electron chi connectivity index (χ2n) is 19.7. The molecular formula is C70H44N4O2. The first-order valence-corrected chi connectivity index (χ1v) is 25.8. The van der Waals surface area contributed by atoms with Crippen LogP contribution in [0.15, 0.2) is 276 Å². The molecule has 4 heterocycles. The smallest absolute Gasteiger partial charge is 0.137 e. The molecule has 0 fully saturated rings. The third-order valence-electron chi connectivity index (χ3n) is 15.4. The van der Waals surface area contributed by atoms with Gasteiger partial charge in [-0.2, -0.15) is 0 Å². The Morgan fingerprint density at radius 1 is 0.224 bits per heavy atom. The van der Waals surface area contributed by atoms with E-state index in [2.05, 4.69) is 286 Å². The highest BCUT2D eigenvalue weighted by molar-refractivity contribution is 6.17. The minimum atomic E-state index is 0.830. The summed E-state index contributed by atoms with van der Waals surface area (Å²) in [7, 11) is 0. The van der Waals surface area contributed by atoms with Crippen LogP contribution in [0.2, 0.25) is 0 Å². The molecule has 0 unspecified atom stereocenters. The van der Waals surface area contributed by atoms with Crippen LogP contribution in [-0.2, 0) is 0 Å². The monoisotopic (exact) mass is 972 g/mol. The zero-order valence-corrected chi connectivity index (χ0v) is 41.0. The van der Waals surface area contributed by atoms with Gasteiger partial charge in [0.05, 0.1) is 22.1 Å². The molecule has 12 aromatic carbocycles. The van der Waals surface area contributed by atoms with Crippen LogP contribution in [-0.4, -0.2) is 9.13 Å². The van der Waals surface area contributed by atoms with Crippen LogP contribution >= 0.6 is 0 Å². The van der Waals surface area contributed by atoms with Crippen molar-refractivity contribution < 1.29 is 8.83 Å². The highest BCUT2D eigenvalue weighted by Gasteiger charge is 2.22. The number of nitrogens with zero attached hydrogens (tertiary/aromatic N) is 4. The van der Waals surface area contributed by atoms with Gasteiger partial charge in [0.1, 0.15) is 22.3 Å². The summed E-state index contributed by atoms with van der Waals surface area (Å²) < 4.78 is 18.4. The van der Waals surface area contributed by atoms with Gasteiger partial charge < -0.3 is 27.8 Å². The van der Waals surface area contributed by atoms with Crippen molar-refractivity contribution in [3.8, 4) is 11.4 Å². The van der Waals surface area contributed by atoms with Crippen molar-refractivity contribution in [2.75, 3.05) is 9.80 Å². The van der Waals surface area contributed by atoms with Crippen molar-refractivity contribution in [3.05, 3.63) is 267 Å². The third kappa shape index (κ3) is 6.54. The quantitative estimate of drug-likeness (QED) is 0.152. The van der Waals surface area contributed by atoms with E-state index in [0.717, 1.165) is 111 Å². The molecule has 76 heavy (non-hydrogen) atoms. The molecule has 16 rings (SSSR count). The van der Waals surface area contributed by atoms with Crippen LogP contribution in [0.1, 0.15) is 0 Å². The molecule has 0 spiro atoms. The lowest BCUT2D eigenvalue weighted by Gasteiger charge is -2.25. The number of anilines is 6. The number of hydrogen-bond acceptors (Lipinski definition) is 4. The molecule has 0 saturated carbocycles. The van der Waals surface area contributed by atoms with E-state index in [9.17, 15) is 0 Å². The number of aromatic nitrogens is 2. The lowest BCUT2D eigenvalue weighted by Crippen LogP contribution is -2.09. The predicted octanol–water partition coefficient (Wildman–Crippen LogP) is 19.8. The van der Waals surface area contributed by atoms with Crippen LogP contribution in [0.25, 0.3) is 110 Å². The first-order valence-electron chi connectivity index (χ1n) is 25.8. The normalized spacial score (nSPS) is 11.9. The Labute approximate surface area is 436 Å². The largest absolute Gasteiger partial charge is 0.456 e. The molecule has 0 bridgehead atoms. The fraction of sp³-hybridized carbons (Fsp3) is 0. The first-order chi connectivity index (χ1) is 37.7. The average Bonchev–Trinajstić information content (AvgIpc) is 4.25. The SMILES string of the molecule is c1ccc(N(c2ccc3c(c2)oc2cc4cc5c(cc4cc23)oc2cc(N(c3ccccc3)c3ccc4c(c3)c3ccccc3n4-c3ccccc3)ccc25)c2ccc3c(c2)c2ccccc2n3-c2ccccc2)cc1. The van der Waals surface area contributed by atoms with Crippen molar-refractivity contribution in [1.82, 2.24) is 9.13 Å². The van der Waals surface area contributed by atoms with Gasteiger partial charge in [-0.05, 0) is 156 Å². The van der Waals surface area contributed by atoms with E-state index in [1.54, 1.807) is 0 Å². The van der Waals surface area contributed by atoms with Crippen molar-refractivity contribution in [2.24, 2.45) is 0 Å². The number of fused-ring (bicyclic) bond motifs is 13. The van der Waals surface area contributed by atoms with E-state index in [1.807, 2.05) is 0 Å². The van der Waals surface area contributed by atoms with Gasteiger partial charge in [-0.15, -0.1) is 0 Å². The molecule has 0 N–H and O–H groups in total. The Bertz CT molecular complexity index is 4620. The Morgan fingerprint density at radius 2 is 0.566 bits per heavy atom. The standard InChI is InChI=1S/C70H44N4O2/c1-5-17-47(18-6-1)71(51-31-35-65-59(41-51)55-25-13-15-27-63(55)73(65)49-21-9-3-10-22-49)53-29-33-57-61-37-45-40-68-62(38-46(45)39-67(61)75-69(57)43-53)58-34-30-54(44-70(58)76-68)72(48-19-7-2-8-20-48)52-32-36-66-60(42-52)56-26-14-16-28-64(56)74(66)50-23-11-4-12-24-50/h1-44H. The molecule has 16 aromatic rings. The topological polar surface area (TPSA) is 42.6 Å². The second kappa shape index (κ2) is 16.6. The fourth-order valence-corrected chi connectivity index (χ4v) is 12.0. The maximum atomic E-state index is 6.82. The van der Waals surface area contributed by atoms with Gasteiger partial charge in [0.15, 0.2) is 0 Å². The zero-order valence-electron chi connectivity index (χ0n) is 41.0. The van der Waals surface area contributed by atoms with E-state index in [-0.39, 0.29) is 0 Å². The van der Waals surface area contributed by atoms with Gasteiger partial charge in [-0.25, -0.2) is 0 Å². The van der Waals surface area contributed by atoms with Crippen molar-refractivity contribution in [1.29, 1.82) is 0 Å². The maximum Gasteiger partial charge on any atom is 0.137 e. The third-order valence-corrected chi connectivity index (χ3v) is 15.4. The Balaban J connectivity index is 0.785. The first kappa shape index (κ1) is 42.2. The number of benzene rings is 12. The van der Waals surface area contributed by atoms with Gasteiger partial charge >= 0.3 is 0 Å². The molecule has 0 saturated heterocycles. The van der Waals surface area contributed by atoms with Crippen molar-refractivity contribution >= 4 is 132 Å². The minimum absolute atomic E-state index is 0.830. The molecule has 0 aliphatic rings. The van der Waals surface area contributed by atoms with E-state index in [1.165, 1.54) is 32.6 Å². The summed E-state index contributed by atoms with van der Waals surface area (Å²) in [5.74, 6) is 0. The second-order valence-corrected chi connectivity index (χ2v) is 19.7. The van der Waals surface area contributed by atoms with Gasteiger partial charge in [0.25, 0.3) is 0 Å². The Hall–Kier alpha value is -10.3. The van der Waals surface area contributed by atoms with Crippen LogP contribution in [0.3, 0.4) is 0 Å². The maximum absolute atomic E-state index is 6.82. The molecule has 0 amide bonds.